The molecular weight excluding hydrogens is 218 g/mol. The van der Waals surface area contributed by atoms with Gasteiger partial charge in [0.05, 0.1) is 6.61 Å². The molecular formula is C10H14F2N2O2. The number of carbonyl (C=O) groups excluding carboxylic acids is 1. The van der Waals surface area contributed by atoms with Crippen molar-refractivity contribution in [1.82, 2.24) is 4.57 Å². The summed E-state index contributed by atoms with van der Waals surface area (Å²) in [5.41, 5.74) is 5.56. The first-order chi connectivity index (χ1) is 7.41. The van der Waals surface area contributed by atoms with E-state index in [1.807, 2.05) is 0 Å². The molecule has 0 aliphatic heterocycles. The van der Waals surface area contributed by atoms with Crippen LogP contribution in [0.15, 0.2) is 18.3 Å². The standard InChI is InChI=1S/C10H14F2N2O2/c1-3-16-9(15)10(11,12)8(13)7-5-4-6-14(7)2/h4-6,8H,3,13H2,1-2H3/t8-/m0/s1. The number of carbonyl (C=O) groups is 1. The number of aromatic nitrogens is 1. The van der Waals surface area contributed by atoms with Gasteiger partial charge in [0.2, 0.25) is 0 Å². The molecule has 0 spiro atoms. The Hall–Kier alpha value is -1.43. The zero-order chi connectivity index (χ0) is 12.3. The molecule has 90 valence electrons. The first-order valence-electron chi connectivity index (χ1n) is 4.83. The van der Waals surface area contributed by atoms with Gasteiger partial charge in [0.25, 0.3) is 0 Å². The number of hydrogen-bond acceptors (Lipinski definition) is 3. The van der Waals surface area contributed by atoms with Gasteiger partial charge in [0.1, 0.15) is 6.04 Å². The molecule has 0 unspecified atom stereocenters. The smallest absolute Gasteiger partial charge is 0.379 e. The third-order valence-corrected chi connectivity index (χ3v) is 2.24. The Bertz CT molecular complexity index is 377. The molecule has 0 radical (unpaired) electrons. The Morgan fingerprint density at radius 1 is 1.69 bits per heavy atom. The summed E-state index contributed by atoms with van der Waals surface area (Å²) in [4.78, 5) is 11.1. The van der Waals surface area contributed by atoms with Gasteiger partial charge in [-0.05, 0) is 19.1 Å². The van der Waals surface area contributed by atoms with Gasteiger partial charge in [0, 0.05) is 18.9 Å². The second-order valence-corrected chi connectivity index (χ2v) is 3.37. The molecule has 0 aliphatic rings. The van der Waals surface area contributed by atoms with E-state index in [-0.39, 0.29) is 12.3 Å². The van der Waals surface area contributed by atoms with Crippen LogP contribution in [0.2, 0.25) is 0 Å². The highest BCUT2D eigenvalue weighted by Gasteiger charge is 2.48. The summed E-state index contributed by atoms with van der Waals surface area (Å²) in [5, 5.41) is 0. The molecule has 1 rings (SSSR count). The molecule has 0 aliphatic carbocycles. The number of nitrogens with two attached hydrogens (primary N) is 1. The number of halogens is 2. The van der Waals surface area contributed by atoms with E-state index in [9.17, 15) is 13.6 Å². The Morgan fingerprint density at radius 2 is 2.31 bits per heavy atom. The quantitative estimate of drug-likeness (QED) is 0.794. The number of rotatable bonds is 4. The van der Waals surface area contributed by atoms with Crippen LogP contribution in [0.25, 0.3) is 0 Å². The molecule has 0 bridgehead atoms. The van der Waals surface area contributed by atoms with Crippen molar-refractivity contribution >= 4 is 5.97 Å². The average Bonchev–Trinajstić information content (AvgIpc) is 2.63. The summed E-state index contributed by atoms with van der Waals surface area (Å²) in [5.74, 6) is -5.31. The van der Waals surface area contributed by atoms with E-state index in [1.54, 1.807) is 19.3 Å². The minimum atomic E-state index is -3.72. The fraction of sp³-hybridized carbons (Fsp3) is 0.500. The molecule has 1 aromatic heterocycles. The molecule has 0 amide bonds. The Kier molecular flexibility index (Phi) is 3.64. The summed E-state index contributed by atoms with van der Waals surface area (Å²) >= 11 is 0. The van der Waals surface area contributed by atoms with E-state index in [1.165, 1.54) is 17.6 Å². The van der Waals surface area contributed by atoms with E-state index < -0.39 is 17.9 Å². The van der Waals surface area contributed by atoms with Gasteiger partial charge in [-0.25, -0.2) is 4.79 Å². The fourth-order valence-electron chi connectivity index (χ4n) is 1.34. The van der Waals surface area contributed by atoms with Crippen molar-refractivity contribution in [2.24, 2.45) is 12.8 Å². The molecule has 1 atom stereocenters. The van der Waals surface area contributed by atoms with Crippen molar-refractivity contribution in [3.05, 3.63) is 24.0 Å². The van der Waals surface area contributed by atoms with Gasteiger partial charge in [-0.3, -0.25) is 0 Å². The minimum absolute atomic E-state index is 0.103. The lowest BCUT2D eigenvalue weighted by Crippen LogP contribution is -2.42. The topological polar surface area (TPSA) is 57.2 Å². The normalized spacial score (nSPS) is 13.6. The SMILES string of the molecule is CCOC(=O)C(F)(F)[C@@H](N)c1cccn1C. The molecule has 16 heavy (non-hydrogen) atoms. The van der Waals surface area contributed by atoms with Crippen LogP contribution < -0.4 is 5.73 Å². The molecule has 1 heterocycles. The van der Waals surface area contributed by atoms with Gasteiger partial charge < -0.3 is 15.0 Å². The van der Waals surface area contributed by atoms with Gasteiger partial charge in [-0.2, -0.15) is 8.78 Å². The maximum absolute atomic E-state index is 13.5. The number of esters is 1. The Labute approximate surface area is 92.0 Å². The van der Waals surface area contributed by atoms with Crippen LogP contribution in [0.5, 0.6) is 0 Å². The number of ether oxygens (including phenoxy) is 1. The number of nitrogens with zero attached hydrogens (tertiary/aromatic N) is 1. The van der Waals surface area contributed by atoms with Gasteiger partial charge in [-0.1, -0.05) is 0 Å². The zero-order valence-electron chi connectivity index (χ0n) is 9.11. The molecule has 0 aromatic carbocycles. The third kappa shape index (κ3) is 2.21. The van der Waals surface area contributed by atoms with E-state index in [2.05, 4.69) is 4.74 Å². The molecule has 0 saturated carbocycles. The first kappa shape index (κ1) is 12.6. The summed E-state index contributed by atoms with van der Waals surface area (Å²) < 4.78 is 32.8. The maximum Gasteiger partial charge on any atom is 0.379 e. The predicted molar refractivity (Wildman–Crippen MR) is 53.9 cm³/mol. The van der Waals surface area contributed by atoms with Crippen LogP contribution in [0.3, 0.4) is 0 Å². The first-order valence-corrected chi connectivity index (χ1v) is 4.83. The Balaban J connectivity index is 2.92. The molecule has 2 N–H and O–H groups in total. The van der Waals surface area contributed by atoms with Gasteiger partial charge in [0.15, 0.2) is 0 Å². The number of aryl methyl sites for hydroxylation is 1. The van der Waals surface area contributed by atoms with Crippen molar-refractivity contribution in [3.63, 3.8) is 0 Å². The van der Waals surface area contributed by atoms with E-state index in [0.29, 0.717) is 0 Å². The van der Waals surface area contributed by atoms with Crippen LogP contribution in [-0.2, 0) is 16.6 Å². The highest BCUT2D eigenvalue weighted by molar-refractivity contribution is 5.78. The third-order valence-electron chi connectivity index (χ3n) is 2.24. The summed E-state index contributed by atoms with van der Waals surface area (Å²) in [6.07, 6.45) is 1.58. The maximum atomic E-state index is 13.5. The largest absolute Gasteiger partial charge is 0.462 e. The van der Waals surface area contributed by atoms with Crippen LogP contribution in [0, 0.1) is 0 Å². The van der Waals surface area contributed by atoms with Crippen LogP contribution in [0.1, 0.15) is 18.7 Å². The minimum Gasteiger partial charge on any atom is -0.462 e. The summed E-state index contributed by atoms with van der Waals surface area (Å²) in [7, 11) is 1.58. The van der Waals surface area contributed by atoms with Gasteiger partial charge in [-0.15, -0.1) is 0 Å². The molecule has 0 fully saturated rings. The summed E-state index contributed by atoms with van der Waals surface area (Å²) in [6.45, 7) is 1.36. The van der Waals surface area contributed by atoms with Crippen molar-refractivity contribution < 1.29 is 18.3 Å². The highest BCUT2D eigenvalue weighted by Crippen LogP contribution is 2.30. The van der Waals surface area contributed by atoms with Crippen LogP contribution in [0.4, 0.5) is 8.78 Å². The van der Waals surface area contributed by atoms with Crippen LogP contribution in [-0.4, -0.2) is 23.1 Å². The van der Waals surface area contributed by atoms with Crippen molar-refractivity contribution in [2.75, 3.05) is 6.61 Å². The van der Waals surface area contributed by atoms with E-state index >= 15 is 0 Å². The molecule has 6 heteroatoms. The lowest BCUT2D eigenvalue weighted by Gasteiger charge is -2.22. The lowest BCUT2D eigenvalue weighted by molar-refractivity contribution is -0.175. The summed E-state index contributed by atoms with van der Waals surface area (Å²) in [6, 6.07) is 1.32. The Morgan fingerprint density at radius 3 is 2.75 bits per heavy atom. The zero-order valence-corrected chi connectivity index (χ0v) is 9.11. The lowest BCUT2D eigenvalue weighted by atomic mass is 10.1. The van der Waals surface area contributed by atoms with Crippen molar-refractivity contribution in [1.29, 1.82) is 0 Å². The molecule has 1 aromatic rings. The second kappa shape index (κ2) is 4.61. The molecule has 0 saturated heterocycles. The fourth-order valence-corrected chi connectivity index (χ4v) is 1.34. The average molecular weight is 232 g/mol. The van der Waals surface area contributed by atoms with Crippen molar-refractivity contribution in [3.8, 4) is 0 Å². The van der Waals surface area contributed by atoms with Gasteiger partial charge >= 0.3 is 11.9 Å². The van der Waals surface area contributed by atoms with E-state index in [4.69, 9.17) is 5.73 Å². The van der Waals surface area contributed by atoms with E-state index in [0.717, 1.165) is 0 Å². The van der Waals surface area contributed by atoms with Crippen LogP contribution >= 0.6 is 0 Å². The predicted octanol–water partition coefficient (Wildman–Crippen LogP) is 1.22. The number of alkyl halides is 2. The molecule has 4 nitrogen and oxygen atoms in total. The second-order valence-electron chi connectivity index (χ2n) is 3.37. The van der Waals surface area contributed by atoms with Crippen molar-refractivity contribution in [2.45, 2.75) is 18.9 Å². The highest BCUT2D eigenvalue weighted by atomic mass is 19.3. The monoisotopic (exact) mass is 232 g/mol. The number of hydrogen-bond donors (Lipinski definition) is 1.